The Labute approximate surface area is 178 Å². The minimum atomic E-state index is -0.176. The summed E-state index contributed by atoms with van der Waals surface area (Å²) in [5, 5.41) is 0. The van der Waals surface area contributed by atoms with Gasteiger partial charge in [-0.2, -0.15) is 0 Å². The van der Waals surface area contributed by atoms with E-state index in [1.807, 2.05) is 79.7 Å². The number of hydrogen-bond acceptors (Lipinski definition) is 3. The van der Waals surface area contributed by atoms with Crippen molar-refractivity contribution in [2.24, 2.45) is 4.99 Å². The Morgan fingerprint density at radius 3 is 2.48 bits per heavy atom. The van der Waals surface area contributed by atoms with Crippen LogP contribution in [0.1, 0.15) is 16.7 Å². The van der Waals surface area contributed by atoms with E-state index >= 15 is 0 Å². The van der Waals surface area contributed by atoms with E-state index in [0.717, 1.165) is 26.9 Å². The highest BCUT2D eigenvalue weighted by molar-refractivity contribution is 9.10. The van der Waals surface area contributed by atoms with Gasteiger partial charge in [0, 0.05) is 15.6 Å². The smallest absolute Gasteiger partial charge is 0.282 e. The summed E-state index contributed by atoms with van der Waals surface area (Å²) in [7, 11) is 1.61. The number of para-hydroxylation sites is 1. The normalized spacial score (nSPS) is 15.0. The van der Waals surface area contributed by atoms with Gasteiger partial charge in [-0.1, -0.05) is 70.0 Å². The average molecular weight is 447 g/mol. The first-order chi connectivity index (χ1) is 14.1. The van der Waals surface area contributed by atoms with Crippen LogP contribution in [0.2, 0.25) is 0 Å². The molecule has 0 bridgehead atoms. The maximum Gasteiger partial charge on any atom is 0.282 e. The fourth-order valence-electron chi connectivity index (χ4n) is 3.20. The van der Waals surface area contributed by atoms with Gasteiger partial charge in [-0.25, -0.2) is 4.99 Å². The maximum atomic E-state index is 13.4. The zero-order valence-corrected chi connectivity index (χ0v) is 17.7. The molecule has 1 heterocycles. The van der Waals surface area contributed by atoms with E-state index in [0.29, 0.717) is 17.3 Å². The Hall–Kier alpha value is -3.18. The van der Waals surface area contributed by atoms with E-state index in [4.69, 9.17) is 9.73 Å². The van der Waals surface area contributed by atoms with Gasteiger partial charge in [-0.3, -0.25) is 9.69 Å². The SMILES string of the molecule is COc1ccccc1/C=C1/N=C(c2ccc(C)cc2)N(c2cccc(Br)c2)C1=O. The molecule has 0 saturated heterocycles. The van der Waals surface area contributed by atoms with Gasteiger partial charge >= 0.3 is 0 Å². The topological polar surface area (TPSA) is 41.9 Å². The Balaban J connectivity index is 1.85. The number of nitrogens with zero attached hydrogens (tertiary/aromatic N) is 2. The standard InChI is InChI=1S/C24H19BrN2O2/c1-16-10-12-17(13-11-16)23-26-21(14-18-6-3-4-9-22(18)29-2)24(28)27(23)20-8-5-7-19(25)15-20/h3-15H,1-2H3/b21-14+. The van der Waals surface area contributed by atoms with E-state index in [-0.39, 0.29) is 5.91 Å². The molecule has 1 aliphatic rings. The summed E-state index contributed by atoms with van der Waals surface area (Å²) < 4.78 is 6.32. The summed E-state index contributed by atoms with van der Waals surface area (Å²) in [6, 6.07) is 23.2. The second-order valence-corrected chi connectivity index (χ2v) is 7.61. The molecule has 3 aromatic carbocycles. The number of aryl methyl sites for hydroxylation is 1. The van der Waals surface area contributed by atoms with Gasteiger partial charge in [-0.05, 0) is 37.3 Å². The number of carbonyl (C=O) groups excluding carboxylic acids is 1. The van der Waals surface area contributed by atoms with Gasteiger partial charge in [0.15, 0.2) is 0 Å². The number of hydrogen-bond donors (Lipinski definition) is 0. The lowest BCUT2D eigenvalue weighted by atomic mass is 10.1. The highest BCUT2D eigenvalue weighted by atomic mass is 79.9. The number of rotatable bonds is 4. The number of benzene rings is 3. The van der Waals surface area contributed by atoms with Gasteiger partial charge in [0.2, 0.25) is 0 Å². The fourth-order valence-corrected chi connectivity index (χ4v) is 3.59. The lowest BCUT2D eigenvalue weighted by Gasteiger charge is -2.19. The predicted molar refractivity (Wildman–Crippen MR) is 120 cm³/mol. The molecule has 0 radical (unpaired) electrons. The molecule has 0 aromatic heterocycles. The van der Waals surface area contributed by atoms with E-state index in [2.05, 4.69) is 15.9 Å². The molecule has 0 fully saturated rings. The molecule has 0 N–H and O–H groups in total. The third-order valence-electron chi connectivity index (χ3n) is 4.67. The van der Waals surface area contributed by atoms with Crippen molar-refractivity contribution in [2.75, 3.05) is 12.0 Å². The lowest BCUT2D eigenvalue weighted by molar-refractivity contribution is -0.113. The molecule has 0 spiro atoms. The minimum absolute atomic E-state index is 0.176. The van der Waals surface area contributed by atoms with Crippen molar-refractivity contribution < 1.29 is 9.53 Å². The van der Waals surface area contributed by atoms with Crippen LogP contribution in [0.15, 0.2) is 88.0 Å². The first-order valence-electron chi connectivity index (χ1n) is 9.17. The minimum Gasteiger partial charge on any atom is -0.496 e. The van der Waals surface area contributed by atoms with Crippen molar-refractivity contribution >= 4 is 39.4 Å². The van der Waals surface area contributed by atoms with Crippen molar-refractivity contribution in [3.63, 3.8) is 0 Å². The monoisotopic (exact) mass is 446 g/mol. The second-order valence-electron chi connectivity index (χ2n) is 6.69. The summed E-state index contributed by atoms with van der Waals surface area (Å²) in [4.78, 5) is 19.7. The molecule has 144 valence electrons. The molecule has 3 aromatic rings. The third kappa shape index (κ3) is 3.87. The highest BCUT2D eigenvalue weighted by Gasteiger charge is 2.32. The number of aliphatic imine (C=N–C) groups is 1. The molecule has 1 aliphatic heterocycles. The zero-order valence-electron chi connectivity index (χ0n) is 16.1. The fraction of sp³-hybridized carbons (Fsp3) is 0.0833. The molecule has 1 amide bonds. The number of ether oxygens (including phenoxy) is 1. The average Bonchev–Trinajstić information content (AvgIpc) is 3.05. The summed E-state index contributed by atoms with van der Waals surface area (Å²) >= 11 is 3.49. The van der Waals surface area contributed by atoms with Gasteiger partial charge in [0.25, 0.3) is 5.91 Å². The van der Waals surface area contributed by atoms with E-state index < -0.39 is 0 Å². The molecule has 0 unspecified atom stereocenters. The Morgan fingerprint density at radius 2 is 1.76 bits per heavy atom. The van der Waals surface area contributed by atoms with Crippen molar-refractivity contribution in [1.29, 1.82) is 0 Å². The largest absolute Gasteiger partial charge is 0.496 e. The lowest BCUT2D eigenvalue weighted by Crippen LogP contribution is -2.32. The summed E-state index contributed by atoms with van der Waals surface area (Å²) in [5.41, 5.74) is 3.96. The quantitative estimate of drug-likeness (QED) is 0.489. The molecule has 4 rings (SSSR count). The number of amides is 1. The molecular formula is C24H19BrN2O2. The molecule has 5 heteroatoms. The molecular weight excluding hydrogens is 428 g/mol. The van der Waals surface area contributed by atoms with Crippen LogP contribution in [0.3, 0.4) is 0 Å². The van der Waals surface area contributed by atoms with Crippen molar-refractivity contribution in [3.8, 4) is 5.75 Å². The van der Waals surface area contributed by atoms with Crippen LogP contribution in [0.25, 0.3) is 6.08 Å². The van der Waals surface area contributed by atoms with Crippen LogP contribution in [-0.4, -0.2) is 18.9 Å². The van der Waals surface area contributed by atoms with E-state index in [1.165, 1.54) is 0 Å². The van der Waals surface area contributed by atoms with Crippen molar-refractivity contribution in [2.45, 2.75) is 6.92 Å². The van der Waals surface area contributed by atoms with Crippen molar-refractivity contribution in [1.82, 2.24) is 0 Å². The van der Waals surface area contributed by atoms with Gasteiger partial charge in [0.1, 0.15) is 17.3 Å². The van der Waals surface area contributed by atoms with Crippen molar-refractivity contribution in [3.05, 3.63) is 99.7 Å². The molecule has 0 atom stereocenters. The van der Waals surface area contributed by atoms with E-state index in [1.54, 1.807) is 18.1 Å². The Kier molecular flexibility index (Phi) is 5.32. The summed E-state index contributed by atoms with van der Waals surface area (Å²) in [6.45, 7) is 2.03. The zero-order chi connectivity index (χ0) is 20.4. The third-order valence-corrected chi connectivity index (χ3v) is 5.16. The molecule has 0 saturated carbocycles. The first kappa shape index (κ1) is 19.2. The summed E-state index contributed by atoms with van der Waals surface area (Å²) in [6.07, 6.45) is 1.77. The van der Waals surface area contributed by atoms with Gasteiger partial charge in [0.05, 0.1) is 12.8 Å². The van der Waals surface area contributed by atoms with E-state index in [9.17, 15) is 4.79 Å². The number of methoxy groups -OCH3 is 1. The Bertz CT molecular complexity index is 1130. The second kappa shape index (κ2) is 8.05. The maximum absolute atomic E-state index is 13.4. The predicted octanol–water partition coefficient (Wildman–Crippen LogP) is 5.60. The first-order valence-corrected chi connectivity index (χ1v) is 9.96. The van der Waals surface area contributed by atoms with Crippen LogP contribution in [-0.2, 0) is 4.79 Å². The molecule has 29 heavy (non-hydrogen) atoms. The van der Waals surface area contributed by atoms with Crippen LogP contribution in [0.5, 0.6) is 5.75 Å². The number of amidine groups is 1. The number of halogens is 1. The number of carbonyl (C=O) groups is 1. The molecule has 0 aliphatic carbocycles. The van der Waals surface area contributed by atoms with Gasteiger partial charge in [-0.15, -0.1) is 0 Å². The summed E-state index contributed by atoms with van der Waals surface area (Å²) in [5.74, 6) is 1.12. The van der Waals surface area contributed by atoms with Crippen LogP contribution >= 0.6 is 15.9 Å². The van der Waals surface area contributed by atoms with Crippen LogP contribution in [0.4, 0.5) is 5.69 Å². The Morgan fingerprint density at radius 1 is 1.00 bits per heavy atom. The number of anilines is 1. The molecule has 4 nitrogen and oxygen atoms in total. The van der Waals surface area contributed by atoms with Gasteiger partial charge < -0.3 is 4.74 Å². The van der Waals surface area contributed by atoms with Crippen LogP contribution < -0.4 is 9.64 Å². The highest BCUT2D eigenvalue weighted by Crippen LogP contribution is 2.31. The van der Waals surface area contributed by atoms with Crippen LogP contribution in [0, 0.1) is 6.92 Å².